The molecule has 3 aromatic rings. The van der Waals surface area contributed by atoms with Gasteiger partial charge in [0, 0.05) is 35.3 Å². The maximum atomic E-state index is 13.4. The van der Waals surface area contributed by atoms with Crippen molar-refractivity contribution < 1.29 is 27.8 Å². The Kier molecular flexibility index (Phi) is 4.77. The Labute approximate surface area is 169 Å². The number of alkyl halides is 3. The minimum absolute atomic E-state index is 0.0794. The molecule has 6 nitrogen and oxygen atoms in total. The van der Waals surface area contributed by atoms with Gasteiger partial charge in [-0.15, -0.1) is 0 Å². The average Bonchev–Trinajstić information content (AvgIpc) is 3.25. The molecule has 9 heteroatoms. The van der Waals surface area contributed by atoms with Gasteiger partial charge in [-0.2, -0.15) is 13.2 Å². The third-order valence-corrected chi connectivity index (χ3v) is 5.07. The Morgan fingerprint density at radius 1 is 1.20 bits per heavy atom. The first kappa shape index (κ1) is 20.0. The van der Waals surface area contributed by atoms with Gasteiger partial charge in [-0.3, -0.25) is 9.69 Å². The number of carbonyl (C=O) groups excluding carboxylic acids is 1. The van der Waals surface area contributed by atoms with Crippen LogP contribution in [0.4, 0.5) is 13.2 Å². The summed E-state index contributed by atoms with van der Waals surface area (Å²) < 4.78 is 45.5. The molecule has 4 rings (SSSR count). The lowest BCUT2D eigenvalue weighted by Gasteiger charge is -2.23. The molecule has 0 bridgehead atoms. The Balaban J connectivity index is 1.65. The summed E-state index contributed by atoms with van der Waals surface area (Å²) in [5.41, 5.74) is -1.85. The normalized spacial score (nSPS) is 19.4. The number of H-pyrrole nitrogens is 1. The molecule has 0 saturated heterocycles. The number of aromatic amines is 1. The zero-order valence-corrected chi connectivity index (χ0v) is 15.9. The molecule has 156 valence electrons. The minimum Gasteiger partial charge on any atom is -0.497 e. The van der Waals surface area contributed by atoms with Crippen LogP contribution in [0, 0.1) is 0 Å². The number of ether oxygens (including phenoxy) is 1. The van der Waals surface area contributed by atoms with Gasteiger partial charge >= 0.3 is 11.9 Å². The molecule has 0 saturated carbocycles. The number of nitrogens with one attached hydrogen (secondary N) is 1. The van der Waals surface area contributed by atoms with Gasteiger partial charge in [-0.05, 0) is 24.1 Å². The number of hydrogen-bond donors (Lipinski definition) is 2. The van der Waals surface area contributed by atoms with E-state index >= 15 is 0 Å². The summed E-state index contributed by atoms with van der Waals surface area (Å²) in [6, 6.07) is 13.4. The summed E-state index contributed by atoms with van der Waals surface area (Å²) >= 11 is 0. The van der Waals surface area contributed by atoms with Crippen LogP contribution in [0.5, 0.6) is 5.75 Å². The number of hydrogen-bond acceptors (Lipinski definition) is 4. The van der Waals surface area contributed by atoms with Crippen LogP contribution in [0.3, 0.4) is 0 Å². The summed E-state index contributed by atoms with van der Waals surface area (Å²) in [5.74, 6) is -1.04. The number of carbonyl (C=O) groups is 1. The monoisotopic (exact) mass is 417 g/mol. The standard InChI is InChI=1S/C21H18F3N3O3/c1-30-15-7-8-16-14(12-25-17(16)11-15)9-10-27-18(13-5-3-2-4-6-13)26-20(29,19(27)28)21(22,23)24/h2-8,11-12,25,29H,9-10H2,1H3. The van der Waals surface area contributed by atoms with E-state index in [0.717, 1.165) is 21.4 Å². The van der Waals surface area contributed by atoms with Gasteiger partial charge in [0.1, 0.15) is 11.6 Å². The van der Waals surface area contributed by atoms with Gasteiger partial charge in [-0.1, -0.05) is 30.3 Å². The number of amides is 1. The number of halogens is 3. The predicted octanol–water partition coefficient (Wildman–Crippen LogP) is 3.26. The molecule has 1 atom stereocenters. The van der Waals surface area contributed by atoms with Crippen LogP contribution in [0.1, 0.15) is 11.1 Å². The molecule has 30 heavy (non-hydrogen) atoms. The summed E-state index contributed by atoms with van der Waals surface area (Å²) in [4.78, 5) is 20.0. The molecule has 0 aliphatic carbocycles. The van der Waals surface area contributed by atoms with E-state index in [2.05, 4.69) is 9.98 Å². The maximum absolute atomic E-state index is 13.4. The zero-order valence-electron chi connectivity index (χ0n) is 15.9. The highest BCUT2D eigenvalue weighted by atomic mass is 19.4. The molecular formula is C21H18F3N3O3. The number of rotatable bonds is 5. The van der Waals surface area contributed by atoms with E-state index in [4.69, 9.17) is 4.74 Å². The minimum atomic E-state index is -5.23. The molecular weight excluding hydrogens is 399 g/mol. The van der Waals surface area contributed by atoms with Gasteiger partial charge in [0.15, 0.2) is 0 Å². The molecule has 1 aliphatic rings. The fourth-order valence-corrected chi connectivity index (χ4v) is 3.48. The van der Waals surface area contributed by atoms with E-state index in [1.807, 2.05) is 6.07 Å². The van der Waals surface area contributed by atoms with Crippen LogP contribution in [0.2, 0.25) is 0 Å². The van der Waals surface area contributed by atoms with E-state index < -0.39 is 17.8 Å². The predicted molar refractivity (Wildman–Crippen MR) is 104 cm³/mol. The average molecular weight is 417 g/mol. The quantitative estimate of drug-likeness (QED) is 0.669. The fraction of sp³-hybridized carbons (Fsp3) is 0.238. The van der Waals surface area contributed by atoms with E-state index in [1.165, 1.54) is 0 Å². The molecule has 1 aliphatic heterocycles. The Morgan fingerprint density at radius 2 is 1.93 bits per heavy atom. The lowest BCUT2D eigenvalue weighted by atomic mass is 10.1. The Morgan fingerprint density at radius 3 is 2.60 bits per heavy atom. The zero-order chi connectivity index (χ0) is 21.5. The van der Waals surface area contributed by atoms with Crippen molar-refractivity contribution in [3.8, 4) is 5.75 Å². The number of aliphatic hydroxyl groups is 1. The second-order valence-electron chi connectivity index (χ2n) is 6.90. The second-order valence-corrected chi connectivity index (χ2v) is 6.90. The van der Waals surface area contributed by atoms with Gasteiger partial charge in [0.25, 0.3) is 5.91 Å². The van der Waals surface area contributed by atoms with Gasteiger partial charge in [0.05, 0.1) is 7.11 Å². The van der Waals surface area contributed by atoms with E-state index in [1.54, 1.807) is 55.8 Å². The molecule has 1 amide bonds. The van der Waals surface area contributed by atoms with Crippen molar-refractivity contribution in [2.45, 2.75) is 18.3 Å². The van der Waals surface area contributed by atoms with Crippen LogP contribution >= 0.6 is 0 Å². The maximum Gasteiger partial charge on any atom is 0.448 e. The van der Waals surface area contributed by atoms with Crippen molar-refractivity contribution in [2.75, 3.05) is 13.7 Å². The number of fused-ring (bicyclic) bond motifs is 1. The van der Waals surface area contributed by atoms with Crippen molar-refractivity contribution >= 4 is 22.6 Å². The largest absolute Gasteiger partial charge is 0.497 e. The summed E-state index contributed by atoms with van der Waals surface area (Å²) in [7, 11) is 1.55. The Hall–Kier alpha value is -3.33. The van der Waals surface area contributed by atoms with E-state index in [-0.39, 0.29) is 18.8 Å². The number of aromatic nitrogens is 1. The number of amidine groups is 1. The summed E-state index contributed by atoms with van der Waals surface area (Å²) in [6.45, 7) is -0.0794. The van der Waals surface area contributed by atoms with Crippen molar-refractivity contribution in [1.29, 1.82) is 0 Å². The first-order valence-electron chi connectivity index (χ1n) is 9.15. The molecule has 2 heterocycles. The van der Waals surface area contributed by atoms with Crippen molar-refractivity contribution in [2.24, 2.45) is 4.99 Å². The van der Waals surface area contributed by atoms with Gasteiger partial charge < -0.3 is 14.8 Å². The third-order valence-electron chi connectivity index (χ3n) is 5.07. The molecule has 2 N–H and O–H groups in total. The molecule has 1 aromatic heterocycles. The molecule has 1 unspecified atom stereocenters. The molecule has 0 radical (unpaired) electrons. The topological polar surface area (TPSA) is 77.9 Å². The SMILES string of the molecule is COc1ccc2c(CCN3C(=O)C(O)(C(F)(F)F)N=C3c3ccccc3)c[nH]c2c1. The molecule has 0 spiro atoms. The van der Waals surface area contributed by atoms with Crippen molar-refractivity contribution in [3.05, 3.63) is 65.9 Å². The fourth-order valence-electron chi connectivity index (χ4n) is 3.48. The third kappa shape index (κ3) is 3.21. The first-order valence-corrected chi connectivity index (χ1v) is 9.15. The number of aliphatic imine (C=N–C) groups is 1. The number of methoxy groups -OCH3 is 1. The lowest BCUT2D eigenvalue weighted by molar-refractivity contribution is -0.248. The highest BCUT2D eigenvalue weighted by Crippen LogP contribution is 2.38. The summed E-state index contributed by atoms with van der Waals surface area (Å²) in [5, 5.41) is 10.9. The Bertz CT molecular complexity index is 1120. The van der Waals surface area contributed by atoms with E-state index in [0.29, 0.717) is 11.3 Å². The van der Waals surface area contributed by atoms with Crippen molar-refractivity contribution in [1.82, 2.24) is 9.88 Å². The second kappa shape index (κ2) is 7.17. The van der Waals surface area contributed by atoms with Gasteiger partial charge in [-0.25, -0.2) is 4.99 Å². The molecule has 0 fully saturated rings. The van der Waals surface area contributed by atoms with Crippen LogP contribution in [-0.4, -0.2) is 52.3 Å². The van der Waals surface area contributed by atoms with Crippen molar-refractivity contribution in [3.63, 3.8) is 0 Å². The summed E-state index contributed by atoms with van der Waals surface area (Å²) in [6.07, 6.45) is -3.23. The number of benzene rings is 2. The van der Waals surface area contributed by atoms with Crippen LogP contribution in [0.25, 0.3) is 10.9 Å². The van der Waals surface area contributed by atoms with E-state index in [9.17, 15) is 23.1 Å². The van der Waals surface area contributed by atoms with Crippen LogP contribution < -0.4 is 4.74 Å². The van der Waals surface area contributed by atoms with Gasteiger partial charge in [0.2, 0.25) is 0 Å². The lowest BCUT2D eigenvalue weighted by Crippen LogP contribution is -2.52. The highest BCUT2D eigenvalue weighted by molar-refractivity contribution is 6.15. The highest BCUT2D eigenvalue weighted by Gasteiger charge is 2.65. The van der Waals surface area contributed by atoms with Crippen LogP contribution in [-0.2, 0) is 11.2 Å². The first-order chi connectivity index (χ1) is 14.2. The van der Waals surface area contributed by atoms with Crippen LogP contribution in [0.15, 0.2) is 59.7 Å². The smallest absolute Gasteiger partial charge is 0.448 e. The number of nitrogens with zero attached hydrogens (tertiary/aromatic N) is 2. The molecule has 2 aromatic carbocycles.